The van der Waals surface area contributed by atoms with E-state index in [4.69, 9.17) is 9.88 Å². The summed E-state index contributed by atoms with van der Waals surface area (Å²) in [5, 5.41) is 5.15. The highest BCUT2D eigenvalue weighted by molar-refractivity contribution is 7.89. The Kier molecular flexibility index (Phi) is 4.77. The van der Waals surface area contributed by atoms with Crippen molar-refractivity contribution >= 4 is 16.1 Å². The van der Waals surface area contributed by atoms with E-state index in [9.17, 15) is 13.2 Å². The minimum Gasteiger partial charge on any atom is -0.444 e. The Balaban J connectivity index is 2.92. The van der Waals surface area contributed by atoms with Gasteiger partial charge in [0.1, 0.15) is 5.60 Å². The van der Waals surface area contributed by atoms with Gasteiger partial charge in [-0.3, -0.25) is 0 Å². The van der Waals surface area contributed by atoms with Crippen LogP contribution < -0.4 is 5.14 Å². The van der Waals surface area contributed by atoms with E-state index in [0.717, 1.165) is 0 Å². The Labute approximate surface area is 119 Å². The summed E-state index contributed by atoms with van der Waals surface area (Å²) >= 11 is 0. The largest absolute Gasteiger partial charge is 0.444 e. The lowest BCUT2D eigenvalue weighted by Gasteiger charge is -2.25. The normalized spacial score (nSPS) is 12.1. The van der Waals surface area contributed by atoms with Crippen molar-refractivity contribution in [3.05, 3.63) is 29.8 Å². The summed E-state index contributed by atoms with van der Waals surface area (Å²) in [5.41, 5.74) is -0.159. The molecule has 0 heterocycles. The maximum atomic E-state index is 11.8. The molecule has 112 valence electrons. The van der Waals surface area contributed by atoms with Gasteiger partial charge in [0.15, 0.2) is 0 Å². The van der Waals surface area contributed by atoms with Crippen LogP contribution in [-0.2, 0) is 21.3 Å². The molecule has 0 unspecified atom stereocenters. The van der Waals surface area contributed by atoms with E-state index < -0.39 is 21.7 Å². The first-order valence-corrected chi connectivity index (χ1v) is 7.60. The van der Waals surface area contributed by atoms with Crippen LogP contribution in [0.1, 0.15) is 26.3 Å². The summed E-state index contributed by atoms with van der Waals surface area (Å²) in [4.78, 5) is 13.2. The average molecular weight is 300 g/mol. The van der Waals surface area contributed by atoms with Gasteiger partial charge in [0.05, 0.1) is 4.90 Å². The molecule has 0 radical (unpaired) electrons. The minimum atomic E-state index is -3.82. The van der Waals surface area contributed by atoms with Crippen molar-refractivity contribution in [2.45, 2.75) is 37.8 Å². The Morgan fingerprint density at radius 3 is 2.35 bits per heavy atom. The van der Waals surface area contributed by atoms with E-state index in [-0.39, 0.29) is 11.4 Å². The minimum absolute atomic E-state index is 0.00964. The summed E-state index contributed by atoms with van der Waals surface area (Å²) in [5.74, 6) is 0. The van der Waals surface area contributed by atoms with Crippen LogP contribution in [-0.4, -0.2) is 32.1 Å². The van der Waals surface area contributed by atoms with Crippen LogP contribution in [0.15, 0.2) is 29.2 Å². The smallest absolute Gasteiger partial charge is 0.410 e. The molecule has 1 aromatic carbocycles. The van der Waals surface area contributed by atoms with Crippen LogP contribution >= 0.6 is 0 Å². The highest BCUT2D eigenvalue weighted by Crippen LogP contribution is 2.17. The number of rotatable bonds is 3. The Bertz CT molecular complexity index is 591. The van der Waals surface area contributed by atoms with Crippen LogP contribution in [0.5, 0.6) is 0 Å². The monoisotopic (exact) mass is 300 g/mol. The van der Waals surface area contributed by atoms with Crippen LogP contribution in [0.25, 0.3) is 0 Å². The highest BCUT2D eigenvalue weighted by Gasteiger charge is 2.21. The second-order valence-electron chi connectivity index (χ2n) is 5.49. The number of sulfonamides is 1. The van der Waals surface area contributed by atoms with Gasteiger partial charge in [-0.1, -0.05) is 18.2 Å². The Morgan fingerprint density at radius 1 is 1.30 bits per heavy atom. The first-order valence-electron chi connectivity index (χ1n) is 6.05. The first-order chi connectivity index (χ1) is 9.00. The number of carbonyl (C=O) groups is 1. The number of primary sulfonamides is 1. The third-order valence-corrected chi connectivity index (χ3v) is 3.40. The zero-order valence-corrected chi connectivity index (χ0v) is 12.9. The molecule has 7 heteroatoms. The van der Waals surface area contributed by atoms with Crippen molar-refractivity contribution < 1.29 is 17.9 Å². The first kappa shape index (κ1) is 16.5. The third-order valence-electron chi connectivity index (χ3n) is 2.39. The molecular weight excluding hydrogens is 280 g/mol. The topological polar surface area (TPSA) is 89.7 Å². The second-order valence-corrected chi connectivity index (χ2v) is 7.02. The van der Waals surface area contributed by atoms with Crippen molar-refractivity contribution in [2.75, 3.05) is 7.05 Å². The fourth-order valence-electron chi connectivity index (χ4n) is 1.57. The number of hydrogen-bond donors (Lipinski definition) is 1. The molecule has 1 amide bonds. The summed E-state index contributed by atoms with van der Waals surface area (Å²) in [6.07, 6.45) is -0.526. The molecule has 0 bridgehead atoms. The molecule has 0 spiro atoms. The van der Waals surface area contributed by atoms with E-state index in [0.29, 0.717) is 5.56 Å². The maximum Gasteiger partial charge on any atom is 0.410 e. The summed E-state index contributed by atoms with van der Waals surface area (Å²) in [6, 6.07) is 6.29. The Morgan fingerprint density at radius 2 is 1.85 bits per heavy atom. The summed E-state index contributed by atoms with van der Waals surface area (Å²) in [6.45, 7) is 5.38. The molecule has 1 aromatic rings. The lowest BCUT2D eigenvalue weighted by atomic mass is 10.2. The molecular formula is C13H20N2O4S. The van der Waals surface area contributed by atoms with E-state index in [1.54, 1.807) is 39.0 Å². The van der Waals surface area contributed by atoms with Crippen LogP contribution in [0.3, 0.4) is 0 Å². The number of nitrogens with zero attached hydrogens (tertiary/aromatic N) is 1. The van der Waals surface area contributed by atoms with Gasteiger partial charge in [-0.25, -0.2) is 18.4 Å². The molecule has 0 saturated carbocycles. The molecule has 1 rings (SSSR count). The molecule has 20 heavy (non-hydrogen) atoms. The van der Waals surface area contributed by atoms with E-state index in [1.165, 1.54) is 18.0 Å². The predicted octanol–water partition coefficient (Wildman–Crippen LogP) is 1.70. The Hall–Kier alpha value is -1.60. The van der Waals surface area contributed by atoms with Gasteiger partial charge in [-0.2, -0.15) is 0 Å². The lowest BCUT2D eigenvalue weighted by molar-refractivity contribution is 0.0284. The summed E-state index contributed by atoms with van der Waals surface area (Å²) < 4.78 is 28.2. The molecule has 0 saturated heterocycles. The second kappa shape index (κ2) is 5.80. The van der Waals surface area contributed by atoms with E-state index in [1.807, 2.05) is 0 Å². The van der Waals surface area contributed by atoms with Crippen LogP contribution in [0.4, 0.5) is 4.79 Å². The van der Waals surface area contributed by atoms with Gasteiger partial charge in [0.2, 0.25) is 10.0 Å². The molecule has 0 aliphatic rings. The lowest BCUT2D eigenvalue weighted by Crippen LogP contribution is -2.34. The molecule has 0 fully saturated rings. The standard InChI is InChI=1S/C13H20N2O4S/c1-13(2,3)19-12(16)15(4)9-10-7-5-6-8-11(10)20(14,17)18/h5-8H,9H2,1-4H3,(H2,14,17,18). The number of hydrogen-bond acceptors (Lipinski definition) is 4. The van der Waals surface area contributed by atoms with E-state index >= 15 is 0 Å². The maximum absolute atomic E-state index is 11.8. The van der Waals surface area contributed by atoms with Crippen molar-refractivity contribution in [1.82, 2.24) is 4.90 Å². The third kappa shape index (κ3) is 4.82. The fraction of sp³-hybridized carbons (Fsp3) is 0.462. The van der Waals surface area contributed by atoms with Gasteiger partial charge in [0.25, 0.3) is 0 Å². The molecule has 2 N–H and O–H groups in total. The van der Waals surface area contributed by atoms with Crippen molar-refractivity contribution in [1.29, 1.82) is 0 Å². The molecule has 0 aliphatic carbocycles. The number of benzene rings is 1. The molecule has 0 aliphatic heterocycles. The highest BCUT2D eigenvalue weighted by atomic mass is 32.2. The number of amides is 1. The van der Waals surface area contributed by atoms with Gasteiger partial charge < -0.3 is 9.64 Å². The average Bonchev–Trinajstić information content (AvgIpc) is 2.25. The zero-order chi connectivity index (χ0) is 15.6. The SMILES string of the molecule is CN(Cc1ccccc1S(N)(=O)=O)C(=O)OC(C)(C)C. The zero-order valence-electron chi connectivity index (χ0n) is 12.1. The molecule has 6 nitrogen and oxygen atoms in total. The fourth-order valence-corrected chi connectivity index (χ4v) is 2.34. The quantitative estimate of drug-likeness (QED) is 0.920. The van der Waals surface area contributed by atoms with Crippen LogP contribution in [0, 0.1) is 0 Å². The number of nitrogens with two attached hydrogens (primary N) is 1. The van der Waals surface area contributed by atoms with Crippen molar-refractivity contribution in [3.63, 3.8) is 0 Å². The van der Waals surface area contributed by atoms with Crippen molar-refractivity contribution in [2.24, 2.45) is 5.14 Å². The number of carbonyl (C=O) groups excluding carboxylic acids is 1. The van der Waals surface area contributed by atoms with E-state index in [2.05, 4.69) is 0 Å². The van der Waals surface area contributed by atoms with Gasteiger partial charge in [0, 0.05) is 13.6 Å². The van der Waals surface area contributed by atoms with Gasteiger partial charge in [-0.05, 0) is 32.4 Å². The molecule has 0 aromatic heterocycles. The van der Waals surface area contributed by atoms with Crippen molar-refractivity contribution in [3.8, 4) is 0 Å². The van der Waals surface area contributed by atoms with Gasteiger partial charge in [-0.15, -0.1) is 0 Å². The predicted molar refractivity (Wildman–Crippen MR) is 75.5 cm³/mol. The van der Waals surface area contributed by atoms with Gasteiger partial charge >= 0.3 is 6.09 Å². The van der Waals surface area contributed by atoms with Crippen LogP contribution in [0.2, 0.25) is 0 Å². The molecule has 0 atom stereocenters. The summed E-state index contributed by atoms with van der Waals surface area (Å²) in [7, 11) is -2.28. The number of ether oxygens (including phenoxy) is 1.